The van der Waals surface area contributed by atoms with Gasteiger partial charge in [-0.3, -0.25) is 0 Å². The molecule has 0 bridgehead atoms. The Morgan fingerprint density at radius 2 is 2.03 bits per heavy atom. The number of hydrogen-bond acceptors (Lipinski definition) is 5. The highest BCUT2D eigenvalue weighted by Crippen LogP contribution is 2.50. The Hall–Kier alpha value is -3.48. The first-order valence-electron chi connectivity index (χ1n) is 10.9. The van der Waals surface area contributed by atoms with Gasteiger partial charge in [-0.1, -0.05) is 24.8 Å². The van der Waals surface area contributed by atoms with Crippen molar-refractivity contribution in [3.05, 3.63) is 71.8 Å². The van der Waals surface area contributed by atoms with Gasteiger partial charge in [-0.05, 0) is 61.2 Å². The van der Waals surface area contributed by atoms with Crippen molar-refractivity contribution >= 4 is 17.7 Å². The van der Waals surface area contributed by atoms with Gasteiger partial charge in [-0.2, -0.15) is 0 Å². The summed E-state index contributed by atoms with van der Waals surface area (Å²) in [6.07, 6.45) is 2.88. The molecule has 3 atom stereocenters. The Balaban J connectivity index is 1.75. The van der Waals surface area contributed by atoms with Crippen LogP contribution >= 0.6 is 0 Å². The van der Waals surface area contributed by atoms with Gasteiger partial charge in [0.2, 0.25) is 0 Å². The minimum Gasteiger partial charge on any atom is -0.494 e. The van der Waals surface area contributed by atoms with E-state index in [1.165, 1.54) is 0 Å². The predicted molar refractivity (Wildman–Crippen MR) is 121 cm³/mol. The third-order valence-electron chi connectivity index (χ3n) is 6.14. The van der Waals surface area contributed by atoms with Crippen molar-refractivity contribution in [2.75, 3.05) is 25.1 Å². The van der Waals surface area contributed by atoms with Gasteiger partial charge in [0, 0.05) is 18.2 Å². The molecule has 2 heterocycles. The van der Waals surface area contributed by atoms with E-state index in [2.05, 4.69) is 11.9 Å². The molecule has 2 aliphatic rings. The molecule has 32 heavy (non-hydrogen) atoms. The molecule has 0 saturated carbocycles. The average molecular weight is 437 g/mol. The van der Waals surface area contributed by atoms with Gasteiger partial charge < -0.3 is 24.8 Å². The Morgan fingerprint density at radius 3 is 2.72 bits per heavy atom. The minimum atomic E-state index is -0.991. The number of fused-ring (bicyclic) bond motifs is 3. The van der Waals surface area contributed by atoms with Crippen molar-refractivity contribution in [3.63, 3.8) is 0 Å². The highest BCUT2D eigenvalue weighted by Gasteiger charge is 2.45. The second kappa shape index (κ2) is 9.34. The Morgan fingerprint density at radius 1 is 1.25 bits per heavy atom. The summed E-state index contributed by atoms with van der Waals surface area (Å²) in [6.45, 7) is 6.86. The van der Waals surface area contributed by atoms with Crippen LogP contribution in [0.5, 0.6) is 5.75 Å². The van der Waals surface area contributed by atoms with Crippen molar-refractivity contribution in [2.24, 2.45) is 5.92 Å². The van der Waals surface area contributed by atoms with Crippen molar-refractivity contribution in [2.45, 2.75) is 31.8 Å². The Kier molecular flexibility index (Phi) is 6.35. The molecule has 3 unspecified atom stereocenters. The first-order valence-corrected chi connectivity index (χ1v) is 10.9. The molecule has 4 rings (SSSR count). The third kappa shape index (κ3) is 4.15. The molecule has 1 saturated heterocycles. The second-order valence-corrected chi connectivity index (χ2v) is 8.04. The summed E-state index contributed by atoms with van der Waals surface area (Å²) in [7, 11) is 0. The number of piperidine rings is 1. The van der Waals surface area contributed by atoms with Gasteiger partial charge in [0.1, 0.15) is 12.4 Å². The van der Waals surface area contributed by atoms with Crippen LogP contribution in [-0.2, 0) is 4.74 Å². The lowest BCUT2D eigenvalue weighted by Crippen LogP contribution is -2.48. The second-order valence-electron chi connectivity index (χ2n) is 8.04. The zero-order valence-corrected chi connectivity index (χ0v) is 18.1. The average Bonchev–Trinajstić information content (AvgIpc) is 2.82. The number of ether oxygens (including phenoxy) is 2. The van der Waals surface area contributed by atoms with Gasteiger partial charge in [-0.25, -0.2) is 9.59 Å². The molecule has 7 heteroatoms. The van der Waals surface area contributed by atoms with E-state index in [0.29, 0.717) is 13.2 Å². The van der Waals surface area contributed by atoms with Crippen molar-refractivity contribution in [1.82, 2.24) is 4.90 Å². The number of carboxylic acids is 1. The molecule has 2 aromatic carbocycles. The van der Waals surface area contributed by atoms with Gasteiger partial charge in [0.25, 0.3) is 0 Å². The minimum absolute atomic E-state index is 0.0335. The zero-order chi connectivity index (χ0) is 22.7. The van der Waals surface area contributed by atoms with E-state index in [1.807, 2.05) is 31.2 Å². The van der Waals surface area contributed by atoms with Crippen LogP contribution in [0.4, 0.5) is 10.5 Å². The normalized spacial score (nSPS) is 21.5. The van der Waals surface area contributed by atoms with Crippen LogP contribution in [0.15, 0.2) is 55.1 Å². The number of carboxylic acid groups (broad SMARTS) is 1. The largest absolute Gasteiger partial charge is 0.494 e. The topological polar surface area (TPSA) is 88.1 Å². The van der Waals surface area contributed by atoms with Crippen LogP contribution in [0.3, 0.4) is 0 Å². The maximum atomic E-state index is 12.9. The van der Waals surface area contributed by atoms with Gasteiger partial charge in [0.05, 0.1) is 24.3 Å². The fraction of sp³-hybridized carbons (Fsp3) is 0.360. The summed E-state index contributed by atoms with van der Waals surface area (Å²) in [5.74, 6) is -0.113. The van der Waals surface area contributed by atoms with Crippen molar-refractivity contribution in [3.8, 4) is 5.75 Å². The van der Waals surface area contributed by atoms with Gasteiger partial charge >= 0.3 is 12.1 Å². The number of carbonyl (C=O) groups is 2. The molecule has 1 fully saturated rings. The molecule has 2 N–H and O–H groups in total. The van der Waals surface area contributed by atoms with Crippen LogP contribution in [0.1, 0.15) is 53.3 Å². The number of carbonyl (C=O) groups excluding carboxylic acids is 1. The highest BCUT2D eigenvalue weighted by atomic mass is 16.6. The summed E-state index contributed by atoms with van der Waals surface area (Å²) in [5, 5.41) is 13.1. The summed E-state index contributed by atoms with van der Waals surface area (Å²) in [6, 6.07) is 12.7. The lowest BCUT2D eigenvalue weighted by Gasteiger charge is -2.48. The standard InChI is InChI=1S/C25H28N2O5/c1-3-14-32-25(30)27-13-5-6-19-22(16-7-10-18(11-8-16)31-4-2)26-21-12-9-17(24(28)29)15-20(21)23(19)27/h3,7-12,15,19,22-23,26H,1,4-6,13-14H2,2H3,(H,28,29). The van der Waals surface area contributed by atoms with E-state index in [1.54, 1.807) is 29.2 Å². The first kappa shape index (κ1) is 21.7. The van der Waals surface area contributed by atoms with Crippen LogP contribution < -0.4 is 10.1 Å². The number of likely N-dealkylation sites (tertiary alicyclic amines) is 1. The Bertz CT molecular complexity index is 1000. The third-order valence-corrected chi connectivity index (χ3v) is 6.14. The smallest absolute Gasteiger partial charge is 0.410 e. The Labute approximate surface area is 187 Å². The van der Waals surface area contributed by atoms with Gasteiger partial charge in [0.15, 0.2) is 0 Å². The van der Waals surface area contributed by atoms with E-state index < -0.39 is 12.1 Å². The monoisotopic (exact) mass is 436 g/mol. The molecular formula is C25H28N2O5. The molecule has 7 nitrogen and oxygen atoms in total. The number of aromatic carboxylic acids is 1. The van der Waals surface area contributed by atoms with E-state index in [4.69, 9.17) is 9.47 Å². The number of rotatable bonds is 6. The zero-order valence-electron chi connectivity index (χ0n) is 18.1. The number of amides is 1. The van der Waals surface area contributed by atoms with Gasteiger partial charge in [-0.15, -0.1) is 0 Å². The van der Waals surface area contributed by atoms with Crippen molar-refractivity contribution < 1.29 is 24.2 Å². The number of anilines is 1. The number of nitrogens with zero attached hydrogens (tertiary/aromatic N) is 1. The molecule has 0 aliphatic carbocycles. The number of benzene rings is 2. The maximum Gasteiger partial charge on any atom is 0.410 e. The number of nitrogens with one attached hydrogen (secondary N) is 1. The van der Waals surface area contributed by atoms with E-state index in [9.17, 15) is 14.7 Å². The molecular weight excluding hydrogens is 408 g/mol. The summed E-state index contributed by atoms with van der Waals surface area (Å²) in [4.78, 5) is 26.3. The molecule has 1 amide bonds. The van der Waals surface area contributed by atoms with Crippen molar-refractivity contribution in [1.29, 1.82) is 0 Å². The van der Waals surface area contributed by atoms with Crippen LogP contribution in [-0.4, -0.2) is 41.8 Å². The van der Waals surface area contributed by atoms with E-state index in [0.717, 1.165) is 35.4 Å². The number of hydrogen-bond donors (Lipinski definition) is 2. The van der Waals surface area contributed by atoms with E-state index >= 15 is 0 Å². The fourth-order valence-corrected chi connectivity index (χ4v) is 4.81. The molecule has 2 aliphatic heterocycles. The van der Waals surface area contributed by atoms with E-state index in [-0.39, 0.29) is 30.2 Å². The molecule has 168 valence electrons. The fourth-order valence-electron chi connectivity index (χ4n) is 4.81. The lowest BCUT2D eigenvalue weighted by atomic mass is 9.74. The first-order chi connectivity index (χ1) is 15.5. The molecule has 0 aromatic heterocycles. The lowest BCUT2D eigenvalue weighted by molar-refractivity contribution is 0.0505. The molecule has 0 spiro atoms. The van der Waals surface area contributed by atoms with Crippen LogP contribution in [0.25, 0.3) is 0 Å². The van der Waals surface area contributed by atoms with Crippen LogP contribution in [0.2, 0.25) is 0 Å². The quantitative estimate of drug-likeness (QED) is 0.618. The molecule has 0 radical (unpaired) electrons. The summed E-state index contributed by atoms with van der Waals surface area (Å²) in [5.41, 5.74) is 2.94. The van der Waals surface area contributed by atoms with Crippen LogP contribution in [0, 0.1) is 5.92 Å². The summed E-state index contributed by atoms with van der Waals surface area (Å²) >= 11 is 0. The molecule has 2 aromatic rings. The summed E-state index contributed by atoms with van der Waals surface area (Å²) < 4.78 is 11.0. The SMILES string of the molecule is C=CCOC(=O)N1CCCC2C(c3ccc(OCC)cc3)Nc3ccc(C(=O)O)cc3C21. The maximum absolute atomic E-state index is 12.9. The predicted octanol–water partition coefficient (Wildman–Crippen LogP) is 5.03. The highest BCUT2D eigenvalue weighted by molar-refractivity contribution is 5.89.